The molecule has 108 valence electrons. The molecule has 0 amide bonds. The maximum absolute atomic E-state index is 6.31. The standard InChI is InChI=1S/C14H16BrCl2N3/c1-3-6-20-14(12(17)8-19-20)13(18-2)9-4-5-11(16)10(15)7-9/h4-5,7-8,13,18H,3,6H2,1-2H3. The average molecular weight is 377 g/mol. The van der Waals surface area contributed by atoms with Crippen LogP contribution in [0.5, 0.6) is 0 Å². The van der Waals surface area contributed by atoms with E-state index in [4.69, 9.17) is 23.2 Å². The Kier molecular flexibility index (Phi) is 5.49. The van der Waals surface area contributed by atoms with E-state index in [-0.39, 0.29) is 6.04 Å². The van der Waals surface area contributed by atoms with E-state index in [1.807, 2.05) is 29.9 Å². The number of aromatic nitrogens is 2. The smallest absolute Gasteiger partial charge is 0.0837 e. The molecule has 2 rings (SSSR count). The van der Waals surface area contributed by atoms with Crippen LogP contribution in [0.3, 0.4) is 0 Å². The van der Waals surface area contributed by atoms with Crippen molar-refractivity contribution in [3.8, 4) is 0 Å². The Morgan fingerprint density at radius 3 is 2.70 bits per heavy atom. The SMILES string of the molecule is CCCn1ncc(Cl)c1C(NC)c1ccc(Cl)c(Br)c1. The number of nitrogens with zero attached hydrogens (tertiary/aromatic N) is 2. The lowest BCUT2D eigenvalue weighted by atomic mass is 10.0. The third-order valence-electron chi connectivity index (χ3n) is 3.11. The van der Waals surface area contributed by atoms with Crippen molar-refractivity contribution in [2.24, 2.45) is 0 Å². The summed E-state index contributed by atoms with van der Waals surface area (Å²) >= 11 is 15.8. The molecule has 0 aliphatic carbocycles. The van der Waals surface area contributed by atoms with Crippen molar-refractivity contribution in [3.05, 3.63) is 50.2 Å². The molecular weight excluding hydrogens is 361 g/mol. The number of nitrogens with one attached hydrogen (secondary N) is 1. The van der Waals surface area contributed by atoms with Gasteiger partial charge in [-0.3, -0.25) is 4.68 Å². The highest BCUT2D eigenvalue weighted by Gasteiger charge is 2.21. The molecule has 1 aromatic carbocycles. The molecule has 0 spiro atoms. The predicted molar refractivity (Wildman–Crippen MR) is 87.6 cm³/mol. The largest absolute Gasteiger partial charge is 0.308 e. The number of benzene rings is 1. The zero-order valence-corrected chi connectivity index (χ0v) is 14.4. The lowest BCUT2D eigenvalue weighted by Crippen LogP contribution is -2.22. The van der Waals surface area contributed by atoms with E-state index in [1.165, 1.54) is 0 Å². The molecule has 0 radical (unpaired) electrons. The van der Waals surface area contributed by atoms with Crippen molar-refractivity contribution in [3.63, 3.8) is 0 Å². The van der Waals surface area contributed by atoms with Gasteiger partial charge in [-0.1, -0.05) is 36.2 Å². The topological polar surface area (TPSA) is 29.9 Å². The molecule has 6 heteroatoms. The second-order valence-corrected chi connectivity index (χ2v) is 6.16. The molecule has 1 N–H and O–H groups in total. The third kappa shape index (κ3) is 3.19. The second-order valence-electron chi connectivity index (χ2n) is 4.50. The van der Waals surface area contributed by atoms with Crippen LogP contribution in [0.15, 0.2) is 28.9 Å². The predicted octanol–water partition coefficient (Wildman–Crippen LogP) is 4.67. The summed E-state index contributed by atoms with van der Waals surface area (Å²) in [4.78, 5) is 0. The Labute approximate surface area is 137 Å². The summed E-state index contributed by atoms with van der Waals surface area (Å²) in [5.41, 5.74) is 2.06. The molecule has 1 unspecified atom stereocenters. The van der Waals surface area contributed by atoms with Gasteiger partial charge in [0.25, 0.3) is 0 Å². The van der Waals surface area contributed by atoms with Gasteiger partial charge in [-0.05, 0) is 47.1 Å². The van der Waals surface area contributed by atoms with E-state index in [0.717, 1.165) is 28.7 Å². The minimum Gasteiger partial charge on any atom is -0.308 e. The Hall–Kier alpha value is -0.550. The molecule has 0 bridgehead atoms. The fourth-order valence-corrected chi connectivity index (χ4v) is 2.97. The molecule has 0 fully saturated rings. The molecule has 1 aromatic heterocycles. The van der Waals surface area contributed by atoms with Gasteiger partial charge >= 0.3 is 0 Å². The average Bonchev–Trinajstić information content (AvgIpc) is 2.77. The molecule has 0 saturated heterocycles. The minimum absolute atomic E-state index is 0.0230. The van der Waals surface area contributed by atoms with Crippen LogP contribution in [0.25, 0.3) is 0 Å². The molecule has 0 aliphatic rings. The van der Waals surface area contributed by atoms with Crippen LogP contribution in [-0.4, -0.2) is 16.8 Å². The molecule has 20 heavy (non-hydrogen) atoms. The van der Waals surface area contributed by atoms with E-state index < -0.39 is 0 Å². The monoisotopic (exact) mass is 375 g/mol. The summed E-state index contributed by atoms with van der Waals surface area (Å²) in [6, 6.07) is 5.85. The van der Waals surface area contributed by atoms with Gasteiger partial charge in [0.05, 0.1) is 28.0 Å². The van der Waals surface area contributed by atoms with Crippen molar-refractivity contribution in [2.45, 2.75) is 25.9 Å². The summed E-state index contributed by atoms with van der Waals surface area (Å²) in [6.45, 7) is 2.96. The molecule has 3 nitrogen and oxygen atoms in total. The Morgan fingerprint density at radius 2 is 2.10 bits per heavy atom. The van der Waals surface area contributed by atoms with Crippen LogP contribution in [-0.2, 0) is 6.54 Å². The van der Waals surface area contributed by atoms with Crippen LogP contribution in [0, 0.1) is 0 Å². The molecule has 1 heterocycles. The van der Waals surface area contributed by atoms with Gasteiger partial charge < -0.3 is 5.32 Å². The zero-order chi connectivity index (χ0) is 14.7. The van der Waals surface area contributed by atoms with Crippen molar-refractivity contribution in [1.82, 2.24) is 15.1 Å². The number of halogens is 3. The van der Waals surface area contributed by atoms with E-state index in [2.05, 4.69) is 33.3 Å². The molecule has 2 aromatic rings. The van der Waals surface area contributed by atoms with E-state index in [0.29, 0.717) is 10.0 Å². The van der Waals surface area contributed by atoms with Gasteiger partial charge in [0, 0.05) is 11.0 Å². The number of hydrogen-bond acceptors (Lipinski definition) is 2. The molecule has 1 atom stereocenters. The van der Waals surface area contributed by atoms with Crippen LogP contribution < -0.4 is 5.32 Å². The van der Waals surface area contributed by atoms with Gasteiger partial charge in [-0.15, -0.1) is 0 Å². The van der Waals surface area contributed by atoms with Gasteiger partial charge in [-0.2, -0.15) is 5.10 Å². The van der Waals surface area contributed by atoms with Crippen LogP contribution in [0.1, 0.15) is 30.6 Å². The Balaban J connectivity index is 2.46. The third-order valence-corrected chi connectivity index (χ3v) is 4.61. The van der Waals surface area contributed by atoms with Crippen LogP contribution in [0.2, 0.25) is 10.0 Å². The molecule has 0 aliphatic heterocycles. The maximum atomic E-state index is 6.31. The van der Waals surface area contributed by atoms with Gasteiger partial charge in [0.1, 0.15) is 0 Å². The first-order chi connectivity index (χ1) is 9.58. The highest BCUT2D eigenvalue weighted by molar-refractivity contribution is 9.10. The van der Waals surface area contributed by atoms with Gasteiger partial charge in [0.2, 0.25) is 0 Å². The van der Waals surface area contributed by atoms with E-state index in [9.17, 15) is 0 Å². The number of aryl methyl sites for hydroxylation is 1. The second kappa shape index (κ2) is 6.94. The molecular formula is C14H16BrCl2N3. The van der Waals surface area contributed by atoms with Crippen LogP contribution in [0.4, 0.5) is 0 Å². The fraction of sp³-hybridized carbons (Fsp3) is 0.357. The lowest BCUT2D eigenvalue weighted by molar-refractivity contribution is 0.535. The minimum atomic E-state index is -0.0230. The van der Waals surface area contributed by atoms with Crippen molar-refractivity contribution >= 4 is 39.1 Å². The van der Waals surface area contributed by atoms with Crippen LogP contribution >= 0.6 is 39.1 Å². The summed E-state index contributed by atoms with van der Waals surface area (Å²) < 4.78 is 2.82. The first-order valence-electron chi connectivity index (χ1n) is 6.41. The first-order valence-corrected chi connectivity index (χ1v) is 7.96. The number of rotatable bonds is 5. The van der Waals surface area contributed by atoms with Crippen molar-refractivity contribution in [2.75, 3.05) is 7.05 Å². The normalized spacial score (nSPS) is 12.7. The molecule has 0 saturated carbocycles. The van der Waals surface area contributed by atoms with Crippen molar-refractivity contribution < 1.29 is 0 Å². The Morgan fingerprint density at radius 1 is 1.35 bits per heavy atom. The number of hydrogen-bond donors (Lipinski definition) is 1. The lowest BCUT2D eigenvalue weighted by Gasteiger charge is -2.19. The summed E-state index contributed by atoms with van der Waals surface area (Å²) in [6.07, 6.45) is 2.70. The summed E-state index contributed by atoms with van der Waals surface area (Å²) in [7, 11) is 1.91. The fourth-order valence-electron chi connectivity index (χ4n) is 2.20. The highest BCUT2D eigenvalue weighted by Crippen LogP contribution is 2.32. The Bertz CT molecular complexity index is 598. The quantitative estimate of drug-likeness (QED) is 0.821. The van der Waals surface area contributed by atoms with Crippen molar-refractivity contribution in [1.29, 1.82) is 0 Å². The van der Waals surface area contributed by atoms with E-state index in [1.54, 1.807) is 6.20 Å². The zero-order valence-electron chi connectivity index (χ0n) is 11.3. The van der Waals surface area contributed by atoms with E-state index >= 15 is 0 Å². The van der Waals surface area contributed by atoms with Gasteiger partial charge in [-0.25, -0.2) is 0 Å². The maximum Gasteiger partial charge on any atom is 0.0837 e. The highest BCUT2D eigenvalue weighted by atomic mass is 79.9. The summed E-state index contributed by atoms with van der Waals surface area (Å²) in [5, 5.41) is 9.01. The first kappa shape index (κ1) is 15.8. The van der Waals surface area contributed by atoms with Gasteiger partial charge in [0.15, 0.2) is 0 Å². The summed E-state index contributed by atoms with van der Waals surface area (Å²) in [5.74, 6) is 0.